The normalized spacial score (nSPS) is 15.3. The molecule has 26 heavy (non-hydrogen) atoms. The molecule has 0 aliphatic carbocycles. The molecule has 132 valence electrons. The van der Waals surface area contributed by atoms with Gasteiger partial charge >= 0.3 is 0 Å². The molecule has 1 aromatic heterocycles. The summed E-state index contributed by atoms with van der Waals surface area (Å²) in [5.41, 5.74) is 2.95. The molecule has 0 saturated carbocycles. The fraction of sp³-hybridized carbons (Fsp3) is 0.167. The molecule has 8 heteroatoms. The van der Waals surface area contributed by atoms with E-state index >= 15 is 0 Å². The van der Waals surface area contributed by atoms with Crippen LogP contribution in [0.15, 0.2) is 47.6 Å². The molecule has 0 amide bonds. The summed E-state index contributed by atoms with van der Waals surface area (Å²) < 4.78 is 6.17. The Morgan fingerprint density at radius 2 is 1.85 bits per heavy atom. The lowest BCUT2D eigenvalue weighted by atomic mass is 10.1. The van der Waals surface area contributed by atoms with E-state index in [1.54, 1.807) is 18.2 Å². The van der Waals surface area contributed by atoms with Crippen LogP contribution < -0.4 is 10.1 Å². The van der Waals surface area contributed by atoms with Crippen molar-refractivity contribution in [1.29, 1.82) is 0 Å². The molecule has 2 aromatic carbocycles. The number of halogens is 2. The van der Waals surface area contributed by atoms with E-state index in [0.717, 1.165) is 17.0 Å². The van der Waals surface area contributed by atoms with E-state index in [1.165, 1.54) is 11.8 Å². The monoisotopic (exact) mass is 404 g/mol. The summed E-state index contributed by atoms with van der Waals surface area (Å²) in [5, 5.41) is 13.5. The van der Waals surface area contributed by atoms with E-state index < -0.39 is 6.23 Å². The first-order chi connectivity index (χ1) is 12.7. The molecule has 0 saturated heterocycles. The standard InChI is InChI=1S/C18H14Cl2N4OS/c1-2-26-18-22-17-15(23-24-18)10-6-3-4-9-13(10)21-16(25-17)14-11(19)7-5-8-12(14)20/h3-9,16,21H,2H2,1H3/t16-/m0/s1. The zero-order valence-corrected chi connectivity index (χ0v) is 16.1. The number of nitrogens with one attached hydrogen (secondary N) is 1. The number of para-hydroxylation sites is 1. The van der Waals surface area contributed by atoms with Crippen LogP contribution in [0.1, 0.15) is 18.7 Å². The number of hydrogen-bond donors (Lipinski definition) is 1. The summed E-state index contributed by atoms with van der Waals surface area (Å²) in [5.74, 6) is 1.24. The number of nitrogens with zero attached hydrogens (tertiary/aromatic N) is 3. The van der Waals surface area contributed by atoms with Gasteiger partial charge in [0.2, 0.25) is 17.3 Å². The van der Waals surface area contributed by atoms with Gasteiger partial charge in [-0.3, -0.25) is 0 Å². The minimum Gasteiger partial charge on any atom is -0.448 e. The molecule has 0 radical (unpaired) electrons. The van der Waals surface area contributed by atoms with Crippen molar-refractivity contribution < 1.29 is 4.74 Å². The van der Waals surface area contributed by atoms with Crippen molar-refractivity contribution >= 4 is 40.7 Å². The molecule has 2 heterocycles. The molecule has 1 aliphatic rings. The third kappa shape index (κ3) is 3.20. The van der Waals surface area contributed by atoms with E-state index in [-0.39, 0.29) is 0 Å². The summed E-state index contributed by atoms with van der Waals surface area (Å²) in [6, 6.07) is 13.1. The molecular weight excluding hydrogens is 391 g/mol. The first kappa shape index (κ1) is 17.4. The highest BCUT2D eigenvalue weighted by molar-refractivity contribution is 7.99. The third-order valence-corrected chi connectivity index (χ3v) is 5.25. The molecule has 0 fully saturated rings. The van der Waals surface area contributed by atoms with E-state index in [4.69, 9.17) is 27.9 Å². The summed E-state index contributed by atoms with van der Waals surface area (Å²) in [4.78, 5) is 4.54. The number of aromatic nitrogens is 3. The van der Waals surface area contributed by atoms with Gasteiger partial charge in [-0.05, 0) is 24.0 Å². The Hall–Kier alpha value is -2.02. The average Bonchev–Trinajstić information content (AvgIpc) is 2.78. The van der Waals surface area contributed by atoms with Crippen LogP contribution >= 0.6 is 35.0 Å². The van der Waals surface area contributed by atoms with Crippen LogP contribution in [-0.2, 0) is 0 Å². The van der Waals surface area contributed by atoms with Gasteiger partial charge in [-0.2, -0.15) is 4.98 Å². The molecule has 1 N–H and O–H groups in total. The molecule has 1 aliphatic heterocycles. The van der Waals surface area contributed by atoms with Gasteiger partial charge in [0.15, 0.2) is 5.69 Å². The largest absolute Gasteiger partial charge is 0.448 e. The smallest absolute Gasteiger partial charge is 0.247 e. The first-order valence-electron chi connectivity index (χ1n) is 8.01. The third-order valence-electron chi connectivity index (χ3n) is 3.87. The van der Waals surface area contributed by atoms with Gasteiger partial charge in [0.05, 0.1) is 15.6 Å². The Balaban J connectivity index is 1.88. The lowest BCUT2D eigenvalue weighted by Gasteiger charge is -2.21. The highest BCUT2D eigenvalue weighted by Crippen LogP contribution is 2.42. The van der Waals surface area contributed by atoms with Gasteiger partial charge in [-0.25, -0.2) is 0 Å². The lowest BCUT2D eigenvalue weighted by Crippen LogP contribution is -2.18. The maximum Gasteiger partial charge on any atom is 0.247 e. The SMILES string of the molecule is CCSc1nnc2c(n1)O[C@@H](c1c(Cl)cccc1Cl)Nc1ccccc1-2. The minimum atomic E-state index is -0.602. The highest BCUT2D eigenvalue weighted by atomic mass is 35.5. The van der Waals surface area contributed by atoms with Crippen LogP contribution in [0.25, 0.3) is 11.3 Å². The Morgan fingerprint density at radius 3 is 2.62 bits per heavy atom. The van der Waals surface area contributed by atoms with Crippen molar-refractivity contribution in [2.75, 3.05) is 11.1 Å². The van der Waals surface area contributed by atoms with Crippen LogP contribution in [0.2, 0.25) is 10.0 Å². The fourth-order valence-electron chi connectivity index (χ4n) is 2.73. The number of benzene rings is 2. The molecule has 0 bridgehead atoms. The number of anilines is 1. The van der Waals surface area contributed by atoms with Crippen LogP contribution in [0.3, 0.4) is 0 Å². The van der Waals surface area contributed by atoms with Crippen molar-refractivity contribution in [3.63, 3.8) is 0 Å². The summed E-state index contributed by atoms with van der Waals surface area (Å²) in [6.45, 7) is 2.03. The van der Waals surface area contributed by atoms with Crippen LogP contribution in [-0.4, -0.2) is 20.9 Å². The van der Waals surface area contributed by atoms with Crippen LogP contribution in [0, 0.1) is 0 Å². The maximum absolute atomic E-state index is 6.39. The number of ether oxygens (including phenoxy) is 1. The van der Waals surface area contributed by atoms with E-state index in [2.05, 4.69) is 20.5 Å². The molecular formula is C18H14Cl2N4OS. The predicted octanol–water partition coefficient (Wildman–Crippen LogP) is 5.46. The second kappa shape index (κ2) is 7.31. The van der Waals surface area contributed by atoms with Gasteiger partial charge in [0.1, 0.15) is 0 Å². The summed E-state index contributed by atoms with van der Waals surface area (Å²) in [6.07, 6.45) is -0.602. The van der Waals surface area contributed by atoms with Crippen molar-refractivity contribution in [2.24, 2.45) is 0 Å². The highest BCUT2D eigenvalue weighted by Gasteiger charge is 2.28. The number of fused-ring (bicyclic) bond motifs is 3. The Morgan fingerprint density at radius 1 is 1.08 bits per heavy atom. The quantitative estimate of drug-likeness (QED) is 0.584. The molecule has 3 aromatic rings. The predicted molar refractivity (Wildman–Crippen MR) is 105 cm³/mol. The van der Waals surface area contributed by atoms with Crippen molar-refractivity contribution in [2.45, 2.75) is 18.3 Å². The van der Waals surface area contributed by atoms with E-state index in [9.17, 15) is 0 Å². The van der Waals surface area contributed by atoms with Gasteiger partial charge in [0.25, 0.3) is 0 Å². The topological polar surface area (TPSA) is 59.9 Å². The second-order valence-corrected chi connectivity index (χ2v) is 7.55. The average molecular weight is 405 g/mol. The zero-order chi connectivity index (χ0) is 18.1. The minimum absolute atomic E-state index is 0.398. The van der Waals surface area contributed by atoms with E-state index in [1.807, 2.05) is 31.2 Å². The van der Waals surface area contributed by atoms with E-state index in [0.29, 0.717) is 32.3 Å². The Bertz CT molecular complexity index is 949. The summed E-state index contributed by atoms with van der Waals surface area (Å²) >= 11 is 14.3. The van der Waals surface area contributed by atoms with Gasteiger partial charge in [-0.1, -0.05) is 66.2 Å². The molecule has 5 nitrogen and oxygen atoms in total. The number of hydrogen-bond acceptors (Lipinski definition) is 6. The van der Waals surface area contributed by atoms with Crippen LogP contribution in [0.4, 0.5) is 5.69 Å². The van der Waals surface area contributed by atoms with Crippen molar-refractivity contribution in [1.82, 2.24) is 15.2 Å². The number of rotatable bonds is 3. The van der Waals surface area contributed by atoms with Crippen molar-refractivity contribution in [3.05, 3.63) is 58.1 Å². The van der Waals surface area contributed by atoms with Gasteiger partial charge < -0.3 is 10.1 Å². The lowest BCUT2D eigenvalue weighted by molar-refractivity contribution is 0.225. The molecule has 4 rings (SSSR count). The first-order valence-corrected chi connectivity index (χ1v) is 9.75. The van der Waals surface area contributed by atoms with Gasteiger partial charge in [-0.15, -0.1) is 10.2 Å². The van der Waals surface area contributed by atoms with Crippen LogP contribution in [0.5, 0.6) is 5.88 Å². The molecule has 0 spiro atoms. The van der Waals surface area contributed by atoms with Crippen molar-refractivity contribution in [3.8, 4) is 17.1 Å². The second-order valence-electron chi connectivity index (χ2n) is 5.50. The number of thioether (sulfide) groups is 1. The fourth-order valence-corrected chi connectivity index (χ4v) is 3.83. The Labute approximate surface area is 165 Å². The zero-order valence-electron chi connectivity index (χ0n) is 13.7. The molecule has 1 atom stereocenters. The maximum atomic E-state index is 6.39. The van der Waals surface area contributed by atoms with Gasteiger partial charge in [0, 0.05) is 11.3 Å². The summed E-state index contributed by atoms with van der Waals surface area (Å²) in [7, 11) is 0. The molecule has 0 unspecified atom stereocenters. The Kier molecular flexibility index (Phi) is 4.89.